The minimum Gasteiger partial charge on any atom is -0.298 e. The van der Waals surface area contributed by atoms with Crippen LogP contribution in [0.4, 0.5) is 0 Å². The van der Waals surface area contributed by atoms with Gasteiger partial charge in [-0.05, 0) is 32.4 Å². The van der Waals surface area contributed by atoms with Gasteiger partial charge < -0.3 is 0 Å². The fraction of sp³-hybridized carbons (Fsp3) is 0.231. The molecule has 1 N–H and O–H groups in total. The van der Waals surface area contributed by atoms with Crippen LogP contribution in [-0.4, -0.2) is 16.5 Å². The fourth-order valence-corrected chi connectivity index (χ4v) is 1.96. The molecule has 0 amide bonds. The van der Waals surface area contributed by atoms with Crippen LogP contribution in [0.25, 0.3) is 11.1 Å². The molecule has 0 saturated heterocycles. The molecular weight excluding hydrogens is 200 g/mol. The Labute approximate surface area is 94.5 Å². The molecule has 0 fully saturated rings. The van der Waals surface area contributed by atoms with Crippen molar-refractivity contribution in [3.63, 3.8) is 0 Å². The second kappa shape index (κ2) is 3.93. The second-order valence-electron chi connectivity index (χ2n) is 4.02. The molecular formula is C13H14N2O. The van der Waals surface area contributed by atoms with E-state index in [9.17, 15) is 4.79 Å². The second-order valence-corrected chi connectivity index (χ2v) is 4.02. The standard InChI is InChI=1S/C13H14N2O/c1-8-4-5-12(11(6-8)7-16)13-9(2)14-15-10(13)3/h4-7H,1-3H3,(H,14,15). The quantitative estimate of drug-likeness (QED) is 0.781. The average molecular weight is 214 g/mol. The maximum atomic E-state index is 11.1. The zero-order valence-electron chi connectivity index (χ0n) is 9.66. The van der Waals surface area contributed by atoms with Gasteiger partial charge in [0.05, 0.1) is 5.69 Å². The van der Waals surface area contributed by atoms with Gasteiger partial charge in [-0.15, -0.1) is 0 Å². The molecule has 1 aromatic heterocycles. The van der Waals surface area contributed by atoms with Crippen LogP contribution < -0.4 is 0 Å². The maximum absolute atomic E-state index is 11.1. The number of carbonyl (C=O) groups is 1. The van der Waals surface area contributed by atoms with Crippen LogP contribution in [0.1, 0.15) is 27.3 Å². The topological polar surface area (TPSA) is 45.8 Å². The molecule has 0 bridgehead atoms. The number of aldehydes is 1. The van der Waals surface area contributed by atoms with Gasteiger partial charge in [0, 0.05) is 16.8 Å². The molecule has 0 aliphatic heterocycles. The number of hydrogen-bond donors (Lipinski definition) is 1. The number of benzene rings is 1. The monoisotopic (exact) mass is 214 g/mol. The molecule has 1 aromatic carbocycles. The van der Waals surface area contributed by atoms with Crippen LogP contribution in [0.2, 0.25) is 0 Å². The Morgan fingerprint density at radius 2 is 2.00 bits per heavy atom. The predicted octanol–water partition coefficient (Wildman–Crippen LogP) is 2.81. The Balaban J connectivity index is 2.69. The van der Waals surface area contributed by atoms with Crippen LogP contribution in [0.5, 0.6) is 0 Å². The lowest BCUT2D eigenvalue weighted by Crippen LogP contribution is -1.91. The molecule has 0 unspecified atom stereocenters. The summed E-state index contributed by atoms with van der Waals surface area (Å²) in [5, 5.41) is 7.08. The molecule has 16 heavy (non-hydrogen) atoms. The largest absolute Gasteiger partial charge is 0.298 e. The molecule has 3 heteroatoms. The van der Waals surface area contributed by atoms with Crippen molar-refractivity contribution in [1.29, 1.82) is 0 Å². The molecule has 0 saturated carbocycles. The van der Waals surface area contributed by atoms with E-state index in [-0.39, 0.29) is 0 Å². The molecule has 0 radical (unpaired) electrons. The van der Waals surface area contributed by atoms with Crippen molar-refractivity contribution in [2.45, 2.75) is 20.8 Å². The molecule has 0 spiro atoms. The van der Waals surface area contributed by atoms with Gasteiger partial charge in [0.2, 0.25) is 0 Å². The van der Waals surface area contributed by atoms with Crippen molar-refractivity contribution in [3.8, 4) is 11.1 Å². The van der Waals surface area contributed by atoms with Crippen molar-refractivity contribution in [2.75, 3.05) is 0 Å². The average Bonchev–Trinajstić information content (AvgIpc) is 2.59. The number of H-pyrrole nitrogens is 1. The van der Waals surface area contributed by atoms with Crippen molar-refractivity contribution in [3.05, 3.63) is 40.7 Å². The Kier molecular flexibility index (Phi) is 2.60. The zero-order valence-corrected chi connectivity index (χ0v) is 9.66. The van der Waals surface area contributed by atoms with E-state index < -0.39 is 0 Å². The maximum Gasteiger partial charge on any atom is 0.150 e. The summed E-state index contributed by atoms with van der Waals surface area (Å²) >= 11 is 0. The Bertz CT molecular complexity index is 521. The van der Waals surface area contributed by atoms with Crippen LogP contribution in [0.15, 0.2) is 18.2 Å². The number of rotatable bonds is 2. The van der Waals surface area contributed by atoms with Gasteiger partial charge in [0.25, 0.3) is 0 Å². The first kappa shape index (κ1) is 10.6. The summed E-state index contributed by atoms with van der Waals surface area (Å²) in [7, 11) is 0. The van der Waals surface area contributed by atoms with Crippen molar-refractivity contribution >= 4 is 6.29 Å². The highest BCUT2D eigenvalue weighted by molar-refractivity contribution is 5.89. The summed E-state index contributed by atoms with van der Waals surface area (Å²) in [4.78, 5) is 11.1. The third kappa shape index (κ3) is 1.65. The predicted molar refractivity (Wildman–Crippen MR) is 63.6 cm³/mol. The van der Waals surface area contributed by atoms with E-state index in [0.717, 1.165) is 34.4 Å². The zero-order chi connectivity index (χ0) is 11.7. The van der Waals surface area contributed by atoms with E-state index in [4.69, 9.17) is 0 Å². The lowest BCUT2D eigenvalue weighted by molar-refractivity contribution is 0.112. The first-order valence-electron chi connectivity index (χ1n) is 5.21. The number of carbonyl (C=O) groups excluding carboxylic acids is 1. The van der Waals surface area contributed by atoms with Gasteiger partial charge in [0.1, 0.15) is 0 Å². The number of aromatic nitrogens is 2. The van der Waals surface area contributed by atoms with Crippen LogP contribution >= 0.6 is 0 Å². The number of nitrogens with zero attached hydrogens (tertiary/aromatic N) is 1. The van der Waals surface area contributed by atoms with E-state index in [2.05, 4.69) is 10.2 Å². The Morgan fingerprint density at radius 3 is 2.56 bits per heavy atom. The van der Waals surface area contributed by atoms with E-state index in [1.807, 2.05) is 39.0 Å². The number of aromatic amines is 1. The summed E-state index contributed by atoms with van der Waals surface area (Å²) in [5.41, 5.74) is 5.69. The van der Waals surface area contributed by atoms with Crippen LogP contribution in [-0.2, 0) is 0 Å². The van der Waals surface area contributed by atoms with E-state index in [1.54, 1.807) is 0 Å². The van der Waals surface area contributed by atoms with Gasteiger partial charge in [-0.1, -0.05) is 17.7 Å². The van der Waals surface area contributed by atoms with Gasteiger partial charge in [-0.3, -0.25) is 9.89 Å². The lowest BCUT2D eigenvalue weighted by atomic mass is 9.97. The molecule has 3 nitrogen and oxygen atoms in total. The molecule has 0 aliphatic rings. The SMILES string of the molecule is Cc1ccc(-c2c(C)n[nH]c2C)c(C=O)c1. The van der Waals surface area contributed by atoms with Crippen LogP contribution in [0, 0.1) is 20.8 Å². The first-order chi connectivity index (χ1) is 7.63. The third-order valence-corrected chi connectivity index (χ3v) is 2.73. The summed E-state index contributed by atoms with van der Waals surface area (Å²) in [6, 6.07) is 5.88. The van der Waals surface area contributed by atoms with Crippen molar-refractivity contribution < 1.29 is 4.79 Å². The molecule has 2 rings (SSSR count). The highest BCUT2D eigenvalue weighted by Crippen LogP contribution is 2.28. The highest BCUT2D eigenvalue weighted by Gasteiger charge is 2.12. The first-order valence-corrected chi connectivity index (χ1v) is 5.21. The molecule has 82 valence electrons. The molecule has 0 atom stereocenters. The number of aryl methyl sites for hydroxylation is 3. The minimum absolute atomic E-state index is 0.715. The summed E-state index contributed by atoms with van der Waals surface area (Å²) in [6.45, 7) is 5.88. The minimum atomic E-state index is 0.715. The van der Waals surface area contributed by atoms with E-state index in [1.165, 1.54) is 0 Å². The number of hydrogen-bond acceptors (Lipinski definition) is 2. The molecule has 0 aliphatic carbocycles. The van der Waals surface area contributed by atoms with E-state index >= 15 is 0 Å². The van der Waals surface area contributed by atoms with Gasteiger partial charge in [-0.25, -0.2) is 0 Å². The van der Waals surface area contributed by atoms with Gasteiger partial charge >= 0.3 is 0 Å². The fourth-order valence-electron chi connectivity index (χ4n) is 1.96. The summed E-state index contributed by atoms with van der Waals surface area (Å²) in [5.74, 6) is 0. The normalized spacial score (nSPS) is 10.4. The van der Waals surface area contributed by atoms with Crippen molar-refractivity contribution in [1.82, 2.24) is 10.2 Å². The third-order valence-electron chi connectivity index (χ3n) is 2.73. The van der Waals surface area contributed by atoms with Gasteiger partial charge in [0.15, 0.2) is 6.29 Å². The van der Waals surface area contributed by atoms with Gasteiger partial charge in [-0.2, -0.15) is 5.10 Å². The Hall–Kier alpha value is -1.90. The summed E-state index contributed by atoms with van der Waals surface area (Å²) in [6.07, 6.45) is 0.897. The molecule has 1 heterocycles. The van der Waals surface area contributed by atoms with Crippen LogP contribution in [0.3, 0.4) is 0 Å². The number of nitrogens with one attached hydrogen (secondary N) is 1. The van der Waals surface area contributed by atoms with E-state index in [0.29, 0.717) is 5.56 Å². The molecule has 2 aromatic rings. The van der Waals surface area contributed by atoms with Crippen molar-refractivity contribution in [2.24, 2.45) is 0 Å². The highest BCUT2D eigenvalue weighted by atomic mass is 16.1. The summed E-state index contributed by atoms with van der Waals surface area (Å²) < 4.78 is 0. The Morgan fingerprint density at radius 1 is 1.25 bits per heavy atom. The smallest absolute Gasteiger partial charge is 0.150 e. The lowest BCUT2D eigenvalue weighted by Gasteiger charge is -2.06.